The number of carbonyl (C=O) groups excluding carboxylic acids is 1. The Morgan fingerprint density at radius 2 is 2.13 bits per heavy atom. The largest absolute Gasteiger partial charge is 0.466 e. The normalized spacial score (nSPS) is 9.60. The summed E-state index contributed by atoms with van der Waals surface area (Å²) in [7, 11) is 1.39. The van der Waals surface area contributed by atoms with Crippen LogP contribution in [0.3, 0.4) is 0 Å². The second-order valence-electron chi connectivity index (χ2n) is 2.55. The molecule has 15 heavy (non-hydrogen) atoms. The van der Waals surface area contributed by atoms with Gasteiger partial charge in [0.1, 0.15) is 0 Å². The zero-order chi connectivity index (χ0) is 10.1. The Hall–Kier alpha value is -0.840. The lowest BCUT2D eigenvalue weighted by molar-refractivity contribution is -0.136. The van der Waals surface area contributed by atoms with Crippen molar-refractivity contribution in [2.75, 3.05) is 20.2 Å². The van der Waals surface area contributed by atoms with Crippen LogP contribution in [0.2, 0.25) is 0 Å². The molecule has 0 unspecified atom stereocenters. The van der Waals surface area contributed by atoms with Gasteiger partial charge in [-0.25, -0.2) is 4.79 Å². The van der Waals surface area contributed by atoms with Crippen molar-refractivity contribution >= 4 is 18.4 Å². The van der Waals surface area contributed by atoms with Gasteiger partial charge in [0.15, 0.2) is 0 Å². The third-order valence-electron chi connectivity index (χ3n) is 1.66. The van der Waals surface area contributed by atoms with Gasteiger partial charge in [-0.05, 0) is 19.9 Å². The van der Waals surface area contributed by atoms with Crippen LogP contribution in [-0.2, 0) is 9.53 Å². The molecule has 0 rings (SSSR count). The van der Waals surface area contributed by atoms with Crippen molar-refractivity contribution in [1.29, 1.82) is 0 Å². The topological polar surface area (TPSA) is 73.3 Å². The van der Waals surface area contributed by atoms with Gasteiger partial charge in [-0.3, -0.25) is 0 Å². The van der Waals surface area contributed by atoms with Gasteiger partial charge in [0.2, 0.25) is 0 Å². The highest BCUT2D eigenvalue weighted by Crippen LogP contribution is 2.01. The summed E-state index contributed by atoms with van der Waals surface area (Å²) in [5.41, 5.74) is 0.707. The number of nitrogens with one attached hydrogen (secondary N) is 1. The lowest BCUT2D eigenvalue weighted by atomic mass is 10.2. The average molecular weight is 237 g/mol. The zero-order valence-corrected chi connectivity index (χ0v) is 10.2. The molecule has 5 heteroatoms. The number of halogens is 1. The van der Waals surface area contributed by atoms with E-state index in [4.69, 9.17) is 0 Å². The van der Waals surface area contributed by atoms with Gasteiger partial charge in [-0.1, -0.05) is 12.2 Å². The highest BCUT2D eigenvalue weighted by molar-refractivity contribution is 5.88. The van der Waals surface area contributed by atoms with E-state index in [0.717, 1.165) is 13.1 Å². The Kier molecular flexibility index (Phi) is 17.3. The molecule has 0 saturated heterocycles. The quantitative estimate of drug-likeness (QED) is 0.320. The molecule has 0 aromatic carbocycles. The Morgan fingerprint density at radius 1 is 1.53 bits per heavy atom. The molecule has 4 nitrogen and oxygen atoms in total. The van der Waals surface area contributed by atoms with Crippen LogP contribution in [0.15, 0.2) is 24.3 Å². The number of allylic oxidation sites excluding steroid dienone is 1. The molecule has 0 aliphatic rings. The number of carbonyl (C=O) groups is 1. The van der Waals surface area contributed by atoms with Gasteiger partial charge in [0, 0.05) is 12.1 Å². The van der Waals surface area contributed by atoms with Gasteiger partial charge >= 0.3 is 5.97 Å². The van der Waals surface area contributed by atoms with Crippen LogP contribution in [-0.4, -0.2) is 26.2 Å². The van der Waals surface area contributed by atoms with Crippen molar-refractivity contribution in [3.8, 4) is 0 Å². The van der Waals surface area contributed by atoms with E-state index in [2.05, 4.69) is 16.6 Å². The number of ether oxygens (including phenoxy) is 1. The van der Waals surface area contributed by atoms with Crippen LogP contribution in [0.4, 0.5) is 0 Å². The van der Waals surface area contributed by atoms with Crippen molar-refractivity contribution in [1.82, 2.24) is 11.5 Å². The van der Waals surface area contributed by atoms with Gasteiger partial charge in [-0.2, -0.15) is 0 Å². The van der Waals surface area contributed by atoms with Crippen LogP contribution in [0.25, 0.3) is 0 Å². The van der Waals surface area contributed by atoms with E-state index in [9.17, 15) is 4.79 Å². The average Bonchev–Trinajstić information content (AvgIpc) is 2.17. The number of hydrogen-bond donors (Lipinski definition) is 2. The molecular weight excluding hydrogens is 216 g/mol. The van der Waals surface area contributed by atoms with E-state index < -0.39 is 0 Å². The predicted molar refractivity (Wildman–Crippen MR) is 65.7 cm³/mol. The van der Waals surface area contributed by atoms with Gasteiger partial charge < -0.3 is 16.2 Å². The molecule has 0 bridgehead atoms. The molecule has 0 aliphatic carbocycles. The molecule has 4 N–H and O–H groups in total. The van der Waals surface area contributed by atoms with E-state index in [0.29, 0.717) is 12.0 Å². The number of hydrogen-bond acceptors (Lipinski definition) is 4. The van der Waals surface area contributed by atoms with Crippen molar-refractivity contribution < 1.29 is 9.53 Å². The third kappa shape index (κ3) is 9.46. The maximum absolute atomic E-state index is 11.1. The molecule has 0 atom stereocenters. The van der Waals surface area contributed by atoms with Crippen LogP contribution in [0.5, 0.6) is 0 Å². The van der Waals surface area contributed by atoms with Crippen molar-refractivity contribution in [3.05, 3.63) is 24.3 Å². The van der Waals surface area contributed by atoms with Crippen molar-refractivity contribution in [2.45, 2.75) is 13.3 Å². The first kappa shape index (κ1) is 19.7. The van der Waals surface area contributed by atoms with E-state index in [1.807, 2.05) is 6.92 Å². The summed E-state index contributed by atoms with van der Waals surface area (Å²) in [6.45, 7) is 6.94. The molecule has 0 aromatic rings. The maximum atomic E-state index is 11.1. The Bertz CT molecular complexity index is 206. The zero-order valence-electron chi connectivity index (χ0n) is 9.41. The Labute approximate surface area is 97.8 Å². The first-order valence-electron chi connectivity index (χ1n) is 4.31. The smallest absolute Gasteiger partial charge is 0.333 e. The SMILES string of the molecule is C=CCNCCC(=CC)C(=O)OC.Cl.N. The van der Waals surface area contributed by atoms with Crippen LogP contribution in [0.1, 0.15) is 13.3 Å². The standard InChI is InChI=1S/C10H17NO2.ClH.H3N/c1-4-7-11-8-6-9(5-2)10(12)13-3;;/h4-5,11H,1,6-8H2,2-3H3;1H;1H3. The summed E-state index contributed by atoms with van der Waals surface area (Å²) in [5, 5.41) is 3.11. The lowest BCUT2D eigenvalue weighted by Gasteiger charge is -2.04. The minimum Gasteiger partial charge on any atom is -0.466 e. The first-order valence-corrected chi connectivity index (χ1v) is 4.31. The summed E-state index contributed by atoms with van der Waals surface area (Å²) in [4.78, 5) is 11.1. The van der Waals surface area contributed by atoms with Gasteiger partial charge in [0.25, 0.3) is 0 Å². The number of methoxy groups -OCH3 is 1. The van der Waals surface area contributed by atoms with Crippen LogP contribution in [0, 0.1) is 0 Å². The van der Waals surface area contributed by atoms with Crippen molar-refractivity contribution in [3.63, 3.8) is 0 Å². The van der Waals surface area contributed by atoms with E-state index >= 15 is 0 Å². The molecular formula is C10H21ClN2O2. The number of rotatable bonds is 6. The molecule has 0 radical (unpaired) electrons. The second-order valence-corrected chi connectivity index (χ2v) is 2.55. The Morgan fingerprint density at radius 3 is 2.53 bits per heavy atom. The van der Waals surface area contributed by atoms with Crippen molar-refractivity contribution in [2.24, 2.45) is 0 Å². The maximum Gasteiger partial charge on any atom is 0.333 e. The molecule has 0 fully saturated rings. The summed E-state index contributed by atoms with van der Waals surface area (Å²) in [6, 6.07) is 0. The van der Waals surface area contributed by atoms with Crippen LogP contribution < -0.4 is 11.5 Å². The molecule has 0 spiro atoms. The molecule has 0 aliphatic heterocycles. The van der Waals surface area contributed by atoms with E-state index in [1.54, 1.807) is 12.2 Å². The van der Waals surface area contributed by atoms with E-state index in [-0.39, 0.29) is 24.5 Å². The van der Waals surface area contributed by atoms with E-state index in [1.165, 1.54) is 7.11 Å². The fourth-order valence-electron chi connectivity index (χ4n) is 0.923. The highest BCUT2D eigenvalue weighted by atomic mass is 35.5. The van der Waals surface area contributed by atoms with Crippen LogP contribution >= 0.6 is 12.4 Å². The van der Waals surface area contributed by atoms with Gasteiger partial charge in [0.05, 0.1) is 7.11 Å². The molecule has 90 valence electrons. The molecule has 0 saturated carbocycles. The predicted octanol–water partition coefficient (Wildman–Crippen LogP) is 1.86. The summed E-state index contributed by atoms with van der Waals surface area (Å²) >= 11 is 0. The summed E-state index contributed by atoms with van der Waals surface area (Å²) < 4.78 is 4.61. The monoisotopic (exact) mass is 236 g/mol. The molecule has 0 aromatic heterocycles. The number of esters is 1. The minimum atomic E-state index is -0.247. The second kappa shape index (κ2) is 13.2. The third-order valence-corrected chi connectivity index (χ3v) is 1.66. The van der Waals surface area contributed by atoms with Gasteiger partial charge in [-0.15, -0.1) is 19.0 Å². The fraction of sp³-hybridized carbons (Fsp3) is 0.500. The molecule has 0 amide bonds. The Balaban J connectivity index is -0.000000720. The molecule has 0 heterocycles. The fourth-order valence-corrected chi connectivity index (χ4v) is 0.923. The highest BCUT2D eigenvalue weighted by Gasteiger charge is 2.06. The lowest BCUT2D eigenvalue weighted by Crippen LogP contribution is -2.17. The first-order chi connectivity index (χ1) is 6.26. The summed E-state index contributed by atoms with van der Waals surface area (Å²) in [6.07, 6.45) is 4.26. The summed E-state index contributed by atoms with van der Waals surface area (Å²) in [5.74, 6) is -0.247. The minimum absolute atomic E-state index is 0.